The first-order valence-electron chi connectivity index (χ1n) is 10.3. The molecule has 0 atom stereocenters. The molecule has 1 N–H and O–H groups in total. The summed E-state index contributed by atoms with van der Waals surface area (Å²) in [5, 5.41) is 0.518. The van der Waals surface area contributed by atoms with Gasteiger partial charge in [0.05, 0.1) is 18.0 Å². The van der Waals surface area contributed by atoms with Crippen LogP contribution in [0.1, 0.15) is 32.0 Å². The molecule has 7 heteroatoms. The van der Waals surface area contributed by atoms with Gasteiger partial charge in [-0.2, -0.15) is 0 Å². The number of carbonyl (C=O) groups excluding carboxylic acids is 2. The van der Waals surface area contributed by atoms with Crippen LogP contribution >= 0.6 is 0 Å². The number of aromatic amines is 1. The lowest BCUT2D eigenvalue weighted by atomic mass is 10.1. The molecule has 1 aliphatic rings. The van der Waals surface area contributed by atoms with E-state index in [1.165, 1.54) is 13.2 Å². The van der Waals surface area contributed by atoms with E-state index in [4.69, 9.17) is 4.74 Å². The van der Waals surface area contributed by atoms with Crippen molar-refractivity contribution in [3.8, 4) is 5.75 Å². The molecule has 1 aromatic heterocycles. The van der Waals surface area contributed by atoms with Gasteiger partial charge < -0.3 is 19.5 Å². The summed E-state index contributed by atoms with van der Waals surface area (Å²) in [5.74, 6) is 0.232. The second-order valence-corrected chi connectivity index (χ2v) is 7.78. The van der Waals surface area contributed by atoms with Crippen LogP contribution in [0.2, 0.25) is 0 Å². The number of hydrogen-bond acceptors (Lipinski definition) is 4. The molecule has 2 heterocycles. The number of fused-ring (bicyclic) bond motifs is 1. The zero-order valence-corrected chi connectivity index (χ0v) is 17.9. The van der Waals surface area contributed by atoms with Crippen molar-refractivity contribution in [3.05, 3.63) is 75.1 Å². The first-order valence-corrected chi connectivity index (χ1v) is 10.3. The van der Waals surface area contributed by atoms with Crippen LogP contribution in [0.25, 0.3) is 10.9 Å². The molecule has 1 aliphatic heterocycles. The number of piperazine rings is 1. The van der Waals surface area contributed by atoms with Crippen molar-refractivity contribution in [2.75, 3.05) is 33.3 Å². The normalized spacial score (nSPS) is 14.0. The Bertz CT molecular complexity index is 1220. The van der Waals surface area contributed by atoms with Gasteiger partial charge in [-0.15, -0.1) is 0 Å². The van der Waals surface area contributed by atoms with Crippen LogP contribution in [-0.2, 0) is 0 Å². The summed E-state index contributed by atoms with van der Waals surface area (Å²) in [6.45, 7) is 5.46. The number of nitrogens with zero attached hydrogens (tertiary/aromatic N) is 2. The number of benzene rings is 2. The molecule has 0 unspecified atom stereocenters. The molecule has 2 aromatic carbocycles. The number of ether oxygens (including phenoxy) is 1. The van der Waals surface area contributed by atoms with Gasteiger partial charge in [0.2, 0.25) is 0 Å². The predicted octanol–water partition coefficient (Wildman–Crippen LogP) is 2.75. The number of nitrogens with one attached hydrogen (secondary N) is 1. The first-order chi connectivity index (χ1) is 14.9. The summed E-state index contributed by atoms with van der Waals surface area (Å²) in [6, 6.07) is 12.4. The molecule has 4 rings (SSSR count). The third-order valence-corrected chi connectivity index (χ3v) is 5.84. The largest absolute Gasteiger partial charge is 0.495 e. The highest BCUT2D eigenvalue weighted by atomic mass is 16.5. The monoisotopic (exact) mass is 419 g/mol. The van der Waals surface area contributed by atoms with Crippen molar-refractivity contribution in [2.24, 2.45) is 0 Å². The van der Waals surface area contributed by atoms with Crippen molar-refractivity contribution in [1.82, 2.24) is 14.8 Å². The summed E-state index contributed by atoms with van der Waals surface area (Å²) in [7, 11) is 1.53. The number of methoxy groups -OCH3 is 1. The van der Waals surface area contributed by atoms with Crippen molar-refractivity contribution >= 4 is 22.7 Å². The second-order valence-electron chi connectivity index (χ2n) is 7.78. The van der Waals surface area contributed by atoms with E-state index in [2.05, 4.69) is 4.98 Å². The number of aromatic nitrogens is 1. The van der Waals surface area contributed by atoms with Crippen LogP contribution in [0.5, 0.6) is 5.75 Å². The Morgan fingerprint density at radius 2 is 1.55 bits per heavy atom. The molecule has 0 radical (unpaired) electrons. The van der Waals surface area contributed by atoms with E-state index in [1.54, 1.807) is 15.9 Å². The van der Waals surface area contributed by atoms with Gasteiger partial charge in [-0.05, 0) is 37.1 Å². The van der Waals surface area contributed by atoms with Crippen LogP contribution in [0.15, 0.2) is 47.3 Å². The summed E-state index contributed by atoms with van der Waals surface area (Å²) in [6.07, 6.45) is 0. The zero-order chi connectivity index (χ0) is 22.1. The van der Waals surface area contributed by atoms with Gasteiger partial charge in [0, 0.05) is 37.8 Å². The Morgan fingerprint density at radius 3 is 2.19 bits per heavy atom. The lowest BCUT2D eigenvalue weighted by Gasteiger charge is -2.35. The Balaban J connectivity index is 1.54. The van der Waals surface area contributed by atoms with Gasteiger partial charge in [0.15, 0.2) is 5.43 Å². The number of rotatable bonds is 3. The fraction of sp³-hybridized carbons (Fsp3) is 0.292. The second kappa shape index (κ2) is 8.26. The van der Waals surface area contributed by atoms with Crippen molar-refractivity contribution < 1.29 is 14.3 Å². The fourth-order valence-electron chi connectivity index (χ4n) is 4.05. The average molecular weight is 419 g/mol. The molecule has 31 heavy (non-hydrogen) atoms. The molecule has 0 aliphatic carbocycles. The van der Waals surface area contributed by atoms with Crippen molar-refractivity contribution in [2.45, 2.75) is 13.8 Å². The molecular weight excluding hydrogens is 394 g/mol. The molecule has 0 spiro atoms. The minimum absolute atomic E-state index is 0.0236. The number of carbonyl (C=O) groups is 2. The topological polar surface area (TPSA) is 82.7 Å². The fourth-order valence-corrected chi connectivity index (χ4v) is 4.05. The van der Waals surface area contributed by atoms with Gasteiger partial charge in [-0.3, -0.25) is 14.4 Å². The highest BCUT2D eigenvalue weighted by molar-refractivity contribution is 5.98. The van der Waals surface area contributed by atoms with Crippen LogP contribution < -0.4 is 10.2 Å². The van der Waals surface area contributed by atoms with Gasteiger partial charge in [0.25, 0.3) is 11.8 Å². The first kappa shape index (κ1) is 20.7. The minimum Gasteiger partial charge on any atom is -0.495 e. The SMILES string of the molecule is COc1ccc(C)c2c(=O)cc(C(=O)N3CCN(C(=O)c4ccccc4C)CC3)[nH]c12. The number of pyridine rings is 1. The Hall–Kier alpha value is -3.61. The molecule has 1 fully saturated rings. The highest BCUT2D eigenvalue weighted by Crippen LogP contribution is 2.25. The van der Waals surface area contributed by atoms with E-state index >= 15 is 0 Å². The maximum absolute atomic E-state index is 13.1. The number of H-pyrrole nitrogens is 1. The molecule has 3 aromatic rings. The third kappa shape index (κ3) is 3.79. The molecule has 1 saturated heterocycles. The average Bonchev–Trinajstić information content (AvgIpc) is 2.78. The smallest absolute Gasteiger partial charge is 0.270 e. The standard InChI is InChI=1S/C24H25N3O4/c1-15-6-4-5-7-17(15)23(29)26-10-12-27(13-11-26)24(30)18-14-19(28)21-16(2)8-9-20(31-3)22(21)25-18/h4-9,14H,10-13H2,1-3H3,(H,25,28). The molecular formula is C24H25N3O4. The third-order valence-electron chi connectivity index (χ3n) is 5.84. The van der Waals surface area contributed by atoms with Crippen molar-refractivity contribution in [1.29, 1.82) is 0 Å². The summed E-state index contributed by atoms with van der Waals surface area (Å²) in [5.41, 5.74) is 2.96. The lowest BCUT2D eigenvalue weighted by Crippen LogP contribution is -2.51. The Morgan fingerprint density at radius 1 is 0.903 bits per heavy atom. The number of aryl methyl sites for hydroxylation is 2. The van der Waals surface area contributed by atoms with E-state index in [0.717, 1.165) is 11.1 Å². The Kier molecular flexibility index (Phi) is 5.50. The molecule has 0 saturated carbocycles. The molecule has 160 valence electrons. The maximum Gasteiger partial charge on any atom is 0.270 e. The van der Waals surface area contributed by atoms with Crippen LogP contribution in [0.3, 0.4) is 0 Å². The van der Waals surface area contributed by atoms with E-state index in [0.29, 0.717) is 48.4 Å². The van der Waals surface area contributed by atoms with Gasteiger partial charge in [0.1, 0.15) is 11.4 Å². The summed E-state index contributed by atoms with van der Waals surface area (Å²) in [4.78, 5) is 45.1. The van der Waals surface area contributed by atoms with E-state index < -0.39 is 0 Å². The number of amides is 2. The van der Waals surface area contributed by atoms with Crippen LogP contribution in [0.4, 0.5) is 0 Å². The maximum atomic E-state index is 13.1. The number of hydrogen-bond donors (Lipinski definition) is 1. The molecule has 2 amide bonds. The highest BCUT2D eigenvalue weighted by Gasteiger charge is 2.27. The molecule has 7 nitrogen and oxygen atoms in total. The van der Waals surface area contributed by atoms with Crippen LogP contribution in [0, 0.1) is 13.8 Å². The summed E-state index contributed by atoms with van der Waals surface area (Å²) < 4.78 is 5.37. The minimum atomic E-state index is -0.259. The lowest BCUT2D eigenvalue weighted by molar-refractivity contribution is 0.0532. The van der Waals surface area contributed by atoms with Gasteiger partial charge >= 0.3 is 0 Å². The van der Waals surface area contributed by atoms with Gasteiger partial charge in [-0.25, -0.2) is 0 Å². The summed E-state index contributed by atoms with van der Waals surface area (Å²) >= 11 is 0. The van der Waals surface area contributed by atoms with E-state index in [1.807, 2.05) is 44.2 Å². The van der Waals surface area contributed by atoms with Crippen LogP contribution in [-0.4, -0.2) is 59.9 Å². The van der Waals surface area contributed by atoms with E-state index in [-0.39, 0.29) is 22.9 Å². The predicted molar refractivity (Wildman–Crippen MR) is 119 cm³/mol. The Labute approximate surface area is 180 Å². The van der Waals surface area contributed by atoms with Gasteiger partial charge in [-0.1, -0.05) is 24.3 Å². The zero-order valence-electron chi connectivity index (χ0n) is 17.9. The quantitative estimate of drug-likeness (QED) is 0.708. The molecule has 0 bridgehead atoms. The van der Waals surface area contributed by atoms with E-state index in [9.17, 15) is 14.4 Å². The van der Waals surface area contributed by atoms with Crippen molar-refractivity contribution in [3.63, 3.8) is 0 Å².